The van der Waals surface area contributed by atoms with Gasteiger partial charge in [0.25, 0.3) is 5.91 Å². The molecule has 1 aliphatic carbocycles. The summed E-state index contributed by atoms with van der Waals surface area (Å²) in [5.74, 6) is -0.239. The summed E-state index contributed by atoms with van der Waals surface area (Å²) in [5, 5.41) is 8.16. The fraction of sp³-hybridized carbons (Fsp3) is 0.500. The Morgan fingerprint density at radius 1 is 1.41 bits per heavy atom. The standard InChI is InChI=1S/C12H16N2O2S/c1-7(2)10(15)14-12-9(5-6-17-12)11(16)13-8-3-4-8/h5-8H,3-4H2,1-2H3,(H,13,16)(H,14,15). The van der Waals surface area contributed by atoms with Gasteiger partial charge in [-0.3, -0.25) is 9.59 Å². The molecule has 1 heterocycles. The molecule has 5 heteroatoms. The molecule has 1 aromatic rings. The molecule has 1 aromatic heterocycles. The van der Waals surface area contributed by atoms with Gasteiger partial charge in [0.15, 0.2) is 0 Å². The Morgan fingerprint density at radius 2 is 2.12 bits per heavy atom. The molecule has 2 amide bonds. The molecule has 1 fully saturated rings. The van der Waals surface area contributed by atoms with E-state index >= 15 is 0 Å². The molecule has 0 bridgehead atoms. The van der Waals surface area contributed by atoms with Crippen LogP contribution in [0.25, 0.3) is 0 Å². The number of carbonyl (C=O) groups excluding carboxylic acids is 2. The minimum Gasteiger partial charge on any atom is -0.349 e. The molecular formula is C12H16N2O2S. The average molecular weight is 252 g/mol. The predicted molar refractivity (Wildman–Crippen MR) is 68.3 cm³/mol. The van der Waals surface area contributed by atoms with E-state index in [0.717, 1.165) is 12.8 Å². The zero-order valence-electron chi connectivity index (χ0n) is 9.95. The van der Waals surface area contributed by atoms with E-state index in [9.17, 15) is 9.59 Å². The molecule has 1 aliphatic rings. The molecule has 0 atom stereocenters. The van der Waals surface area contributed by atoms with Crippen LogP contribution in [0.2, 0.25) is 0 Å². The van der Waals surface area contributed by atoms with Crippen LogP contribution in [0, 0.1) is 5.92 Å². The summed E-state index contributed by atoms with van der Waals surface area (Å²) in [4.78, 5) is 23.5. The van der Waals surface area contributed by atoms with Gasteiger partial charge in [-0.15, -0.1) is 11.3 Å². The zero-order valence-corrected chi connectivity index (χ0v) is 10.8. The van der Waals surface area contributed by atoms with Crippen LogP contribution >= 0.6 is 11.3 Å². The van der Waals surface area contributed by atoms with Gasteiger partial charge in [-0.2, -0.15) is 0 Å². The molecule has 0 unspecified atom stereocenters. The second-order valence-corrected chi connectivity index (χ2v) is 5.47. The first-order valence-electron chi connectivity index (χ1n) is 5.77. The minimum atomic E-state index is -0.0900. The summed E-state index contributed by atoms with van der Waals surface area (Å²) in [6.07, 6.45) is 2.12. The van der Waals surface area contributed by atoms with E-state index in [1.165, 1.54) is 11.3 Å². The van der Waals surface area contributed by atoms with E-state index in [1.807, 2.05) is 19.2 Å². The van der Waals surface area contributed by atoms with Crippen molar-refractivity contribution in [1.29, 1.82) is 0 Å². The number of nitrogens with one attached hydrogen (secondary N) is 2. The smallest absolute Gasteiger partial charge is 0.254 e. The maximum Gasteiger partial charge on any atom is 0.254 e. The Kier molecular flexibility index (Phi) is 3.47. The van der Waals surface area contributed by atoms with E-state index in [2.05, 4.69) is 10.6 Å². The third-order valence-corrected chi connectivity index (χ3v) is 3.41. The van der Waals surface area contributed by atoms with Gasteiger partial charge in [0.05, 0.1) is 5.56 Å². The lowest BCUT2D eigenvalue weighted by atomic mass is 10.2. The predicted octanol–water partition coefficient (Wildman–Crippen LogP) is 2.23. The summed E-state index contributed by atoms with van der Waals surface area (Å²) < 4.78 is 0. The van der Waals surface area contributed by atoms with Crippen molar-refractivity contribution < 1.29 is 9.59 Å². The second-order valence-electron chi connectivity index (χ2n) is 4.56. The quantitative estimate of drug-likeness (QED) is 0.863. The van der Waals surface area contributed by atoms with Crippen molar-refractivity contribution in [2.75, 3.05) is 5.32 Å². The molecule has 92 valence electrons. The van der Waals surface area contributed by atoms with Crippen LogP contribution in [-0.2, 0) is 4.79 Å². The first-order valence-corrected chi connectivity index (χ1v) is 6.65. The molecule has 0 aliphatic heterocycles. The molecule has 2 N–H and O–H groups in total. The van der Waals surface area contributed by atoms with Crippen molar-refractivity contribution in [2.45, 2.75) is 32.7 Å². The van der Waals surface area contributed by atoms with Gasteiger partial charge in [0.2, 0.25) is 5.91 Å². The normalized spacial score (nSPS) is 14.8. The number of thiophene rings is 1. The number of anilines is 1. The second kappa shape index (κ2) is 4.87. The SMILES string of the molecule is CC(C)C(=O)Nc1sccc1C(=O)NC1CC1. The number of rotatable bonds is 4. The van der Waals surface area contributed by atoms with Crippen LogP contribution in [0.1, 0.15) is 37.0 Å². The third-order valence-electron chi connectivity index (χ3n) is 2.58. The summed E-state index contributed by atoms with van der Waals surface area (Å²) in [5.41, 5.74) is 0.566. The Hall–Kier alpha value is -1.36. The van der Waals surface area contributed by atoms with E-state index in [1.54, 1.807) is 6.07 Å². The highest BCUT2D eigenvalue weighted by molar-refractivity contribution is 7.14. The fourth-order valence-electron chi connectivity index (χ4n) is 1.33. The average Bonchev–Trinajstić information content (AvgIpc) is 2.95. The Bertz CT molecular complexity index is 435. The number of hydrogen-bond acceptors (Lipinski definition) is 3. The summed E-state index contributed by atoms with van der Waals surface area (Å²) in [6, 6.07) is 2.08. The maximum absolute atomic E-state index is 11.9. The number of hydrogen-bond donors (Lipinski definition) is 2. The molecule has 0 saturated heterocycles. The van der Waals surface area contributed by atoms with Gasteiger partial charge in [-0.1, -0.05) is 13.8 Å². The fourth-order valence-corrected chi connectivity index (χ4v) is 2.12. The highest BCUT2D eigenvalue weighted by atomic mass is 32.1. The van der Waals surface area contributed by atoms with Crippen molar-refractivity contribution >= 4 is 28.2 Å². The van der Waals surface area contributed by atoms with Crippen molar-refractivity contribution in [3.8, 4) is 0 Å². The topological polar surface area (TPSA) is 58.2 Å². The van der Waals surface area contributed by atoms with Crippen molar-refractivity contribution in [2.24, 2.45) is 5.92 Å². The first-order chi connectivity index (χ1) is 8.08. The molecule has 2 rings (SSSR count). The highest BCUT2D eigenvalue weighted by Gasteiger charge is 2.25. The Morgan fingerprint density at radius 3 is 2.71 bits per heavy atom. The molecular weight excluding hydrogens is 236 g/mol. The summed E-state index contributed by atoms with van der Waals surface area (Å²) in [6.45, 7) is 3.65. The van der Waals surface area contributed by atoms with E-state index in [0.29, 0.717) is 16.6 Å². The van der Waals surface area contributed by atoms with Gasteiger partial charge in [-0.05, 0) is 24.3 Å². The Balaban J connectivity index is 2.04. The molecule has 1 saturated carbocycles. The van der Waals surface area contributed by atoms with Crippen LogP contribution in [0.4, 0.5) is 5.00 Å². The van der Waals surface area contributed by atoms with Crippen molar-refractivity contribution in [3.05, 3.63) is 17.0 Å². The summed E-state index contributed by atoms with van der Waals surface area (Å²) in [7, 11) is 0. The molecule has 17 heavy (non-hydrogen) atoms. The Labute approximate surface area is 104 Å². The lowest BCUT2D eigenvalue weighted by molar-refractivity contribution is -0.118. The zero-order chi connectivity index (χ0) is 12.4. The van der Waals surface area contributed by atoms with Crippen LogP contribution in [-0.4, -0.2) is 17.9 Å². The molecule has 0 spiro atoms. The van der Waals surface area contributed by atoms with Crippen LogP contribution < -0.4 is 10.6 Å². The van der Waals surface area contributed by atoms with Gasteiger partial charge in [0.1, 0.15) is 5.00 Å². The monoisotopic (exact) mass is 252 g/mol. The van der Waals surface area contributed by atoms with Crippen molar-refractivity contribution in [3.63, 3.8) is 0 Å². The van der Waals surface area contributed by atoms with Crippen LogP contribution in [0.5, 0.6) is 0 Å². The van der Waals surface area contributed by atoms with E-state index in [-0.39, 0.29) is 17.7 Å². The van der Waals surface area contributed by atoms with E-state index < -0.39 is 0 Å². The molecule has 0 radical (unpaired) electrons. The molecule has 0 aromatic carbocycles. The lowest BCUT2D eigenvalue weighted by Crippen LogP contribution is -2.26. The first kappa shape index (κ1) is 12.1. The van der Waals surface area contributed by atoms with Gasteiger partial charge >= 0.3 is 0 Å². The maximum atomic E-state index is 11.9. The van der Waals surface area contributed by atoms with Crippen molar-refractivity contribution in [1.82, 2.24) is 5.32 Å². The minimum absolute atomic E-state index is 0.0621. The largest absolute Gasteiger partial charge is 0.349 e. The lowest BCUT2D eigenvalue weighted by Gasteiger charge is -2.08. The van der Waals surface area contributed by atoms with Crippen LogP contribution in [0.3, 0.4) is 0 Å². The highest BCUT2D eigenvalue weighted by Crippen LogP contribution is 2.26. The molecule has 4 nitrogen and oxygen atoms in total. The van der Waals surface area contributed by atoms with E-state index in [4.69, 9.17) is 0 Å². The number of carbonyl (C=O) groups is 2. The van der Waals surface area contributed by atoms with Gasteiger partial charge < -0.3 is 10.6 Å². The third kappa shape index (κ3) is 3.06. The van der Waals surface area contributed by atoms with Gasteiger partial charge in [0, 0.05) is 12.0 Å². The van der Waals surface area contributed by atoms with Crippen LogP contribution in [0.15, 0.2) is 11.4 Å². The van der Waals surface area contributed by atoms with Gasteiger partial charge in [-0.25, -0.2) is 0 Å². The number of amides is 2. The summed E-state index contributed by atoms with van der Waals surface area (Å²) >= 11 is 1.38.